The fourth-order valence-corrected chi connectivity index (χ4v) is 8.73. The van der Waals surface area contributed by atoms with Gasteiger partial charge in [-0.1, -0.05) is 0 Å². The largest absolute Gasteiger partial charge is 0.493 e. The van der Waals surface area contributed by atoms with Gasteiger partial charge in [-0.15, -0.1) is 35.1 Å². The highest BCUT2D eigenvalue weighted by Gasteiger charge is 2.28. The Morgan fingerprint density at radius 3 is 1.69 bits per heavy atom. The van der Waals surface area contributed by atoms with E-state index in [1.54, 1.807) is 51.6 Å². The normalized spacial score (nSPS) is 14.8. The second kappa shape index (κ2) is 23.7. The van der Waals surface area contributed by atoms with E-state index in [9.17, 15) is 9.59 Å². The molecule has 8 aromatic rings. The van der Waals surface area contributed by atoms with Gasteiger partial charge >= 0.3 is 5.97 Å². The van der Waals surface area contributed by atoms with Crippen LogP contribution in [0.3, 0.4) is 0 Å². The molecule has 26 heteroatoms. The van der Waals surface area contributed by atoms with Crippen LogP contribution in [0.15, 0.2) is 84.1 Å². The predicted molar refractivity (Wildman–Crippen MR) is 280 cm³/mol. The summed E-state index contributed by atoms with van der Waals surface area (Å²) in [7, 11) is 6.41. The molecule has 376 valence electrons. The van der Waals surface area contributed by atoms with Crippen molar-refractivity contribution < 1.29 is 33.6 Å². The van der Waals surface area contributed by atoms with E-state index >= 15 is 0 Å². The lowest BCUT2D eigenvalue weighted by atomic mass is 10.2. The number of methoxy groups -OCH3 is 4. The van der Waals surface area contributed by atoms with Gasteiger partial charge in [0, 0.05) is 68.0 Å². The molecular formula is C46H51ClN16O7S2. The van der Waals surface area contributed by atoms with Gasteiger partial charge in [-0.3, -0.25) is 4.79 Å². The number of anilines is 8. The molecule has 0 saturated carbocycles. The first-order valence-electron chi connectivity index (χ1n) is 21.8. The molecule has 6 aromatic heterocycles. The number of amides is 1. The molecule has 10 N–H and O–H groups in total. The van der Waals surface area contributed by atoms with E-state index in [2.05, 4.69) is 50.7 Å². The number of carboxylic acids is 1. The van der Waals surface area contributed by atoms with Gasteiger partial charge < -0.3 is 67.0 Å². The van der Waals surface area contributed by atoms with Crippen molar-refractivity contribution in [2.45, 2.75) is 24.9 Å². The van der Waals surface area contributed by atoms with Crippen LogP contribution >= 0.6 is 35.1 Å². The first-order valence-corrected chi connectivity index (χ1v) is 23.6. The number of thiazole rings is 2. The van der Waals surface area contributed by atoms with Crippen LogP contribution in [0.25, 0.3) is 20.7 Å². The third-order valence-corrected chi connectivity index (χ3v) is 12.5. The molecule has 2 atom stereocenters. The van der Waals surface area contributed by atoms with Gasteiger partial charge in [-0.25, -0.2) is 24.7 Å². The van der Waals surface area contributed by atoms with Crippen LogP contribution < -0.4 is 61.9 Å². The molecule has 2 aliphatic rings. The summed E-state index contributed by atoms with van der Waals surface area (Å²) < 4.78 is 21.4. The summed E-state index contributed by atoms with van der Waals surface area (Å²) in [5, 5.41) is 18.1. The molecule has 1 amide bonds. The fraction of sp³-hybridized carbons (Fsp3) is 0.261. The van der Waals surface area contributed by atoms with Crippen LogP contribution in [0.5, 0.6) is 23.0 Å². The summed E-state index contributed by atoms with van der Waals surface area (Å²) in [4.78, 5) is 63.9. The number of aromatic carboxylic acids is 1. The number of ether oxygens (including phenoxy) is 4. The first-order chi connectivity index (χ1) is 34.4. The Kier molecular flexibility index (Phi) is 17.0. The summed E-state index contributed by atoms with van der Waals surface area (Å²) in [6, 6.07) is 17.4. The van der Waals surface area contributed by atoms with Crippen LogP contribution in [0.2, 0.25) is 0 Å². The maximum atomic E-state index is 12.6. The van der Waals surface area contributed by atoms with Gasteiger partial charge in [0.1, 0.15) is 22.5 Å². The van der Waals surface area contributed by atoms with Crippen LogP contribution in [0.4, 0.5) is 46.4 Å². The molecule has 2 aromatic carbocycles. The fourth-order valence-electron chi connectivity index (χ4n) is 7.42. The number of nitrogens with one attached hydrogen (secondary N) is 3. The molecular weight excluding hydrogens is 988 g/mol. The molecule has 72 heavy (non-hydrogen) atoms. The SMILES string of the molecule is COc1ccc(Nc2nc(N3CCC(N)C3)nc3scnc23)cc1OC.COc1ccc(Nc2nc(N3CCC(NC(=O)c4ccc(N)cn4)C3)nc3scnc23)cc1OC.Cl.Nc1ccc(C(=O)O)cn1. The number of carboxylic acid groups (broad SMARTS) is 1. The standard InChI is InChI=1S/C23H24N8O3S.C17H20N6O2S.C6H6N2O2.ClH/c1-33-17-6-4-14(9-18(17)34-2)27-20-19-22(35-12-26-19)30-23(29-20)31-8-7-15(11-31)28-21(32)16-5-3-13(24)10-25-16;1-24-12-4-3-11(7-13(12)25-2)20-15-14-16(26-9-19-14)22-17(21-15)23-6-5-10(18)8-23;7-5-2-1-4(3-8-5)6(9)10;/h3-6,9-10,12,15H,7-8,11,24H2,1-2H3,(H,28,32)(H,27,29,30);3-4,7,9-10H,5-6,8,18H2,1-2H3,(H,20,21,22);1-3H,(H2,7,8)(H,9,10);1H. The number of fused-ring (bicyclic) bond motifs is 2. The van der Waals surface area contributed by atoms with E-state index in [-0.39, 0.29) is 36.0 Å². The maximum Gasteiger partial charge on any atom is 0.337 e. The molecule has 2 fully saturated rings. The van der Waals surface area contributed by atoms with E-state index in [0.717, 1.165) is 52.5 Å². The third-order valence-electron chi connectivity index (χ3n) is 11.0. The molecule has 0 spiro atoms. The Morgan fingerprint density at radius 2 is 1.22 bits per heavy atom. The number of aromatic nitrogens is 8. The van der Waals surface area contributed by atoms with Crippen molar-refractivity contribution in [1.82, 2.24) is 45.2 Å². The predicted octanol–water partition coefficient (Wildman–Crippen LogP) is 6.00. The lowest BCUT2D eigenvalue weighted by molar-refractivity contribution is 0.0696. The number of carbonyl (C=O) groups is 2. The van der Waals surface area contributed by atoms with Crippen molar-refractivity contribution in [3.63, 3.8) is 0 Å². The number of nitrogens with two attached hydrogens (primary N) is 3. The van der Waals surface area contributed by atoms with Gasteiger partial charge in [0.25, 0.3) is 5.91 Å². The number of pyridine rings is 2. The number of nitrogen functional groups attached to an aromatic ring is 2. The summed E-state index contributed by atoms with van der Waals surface area (Å²) in [6.07, 6.45) is 4.41. The Balaban J connectivity index is 0.000000180. The maximum absolute atomic E-state index is 12.6. The highest BCUT2D eigenvalue weighted by Crippen LogP contribution is 2.35. The van der Waals surface area contributed by atoms with E-state index < -0.39 is 5.97 Å². The van der Waals surface area contributed by atoms with Crippen molar-refractivity contribution in [2.24, 2.45) is 5.73 Å². The number of rotatable bonds is 13. The minimum atomic E-state index is -0.993. The zero-order valence-corrected chi connectivity index (χ0v) is 41.8. The monoisotopic (exact) mass is 1040 g/mol. The van der Waals surface area contributed by atoms with Crippen LogP contribution in [0, 0.1) is 0 Å². The lowest BCUT2D eigenvalue weighted by Crippen LogP contribution is -2.37. The quantitative estimate of drug-likeness (QED) is 0.0696. The number of nitrogens with zero attached hydrogens (tertiary/aromatic N) is 10. The topological polar surface area (TPSA) is 315 Å². The average Bonchev–Trinajstić information content (AvgIpc) is 4.23. The summed E-state index contributed by atoms with van der Waals surface area (Å²) >= 11 is 2.94. The number of halogens is 1. The first kappa shape index (κ1) is 51.7. The van der Waals surface area contributed by atoms with Crippen molar-refractivity contribution in [3.05, 3.63) is 95.3 Å². The van der Waals surface area contributed by atoms with Gasteiger partial charge in [0.2, 0.25) is 11.9 Å². The number of benzene rings is 2. The Bertz CT molecular complexity index is 3130. The Hall–Kier alpha value is -8.13. The molecule has 2 unspecified atom stereocenters. The van der Waals surface area contributed by atoms with Crippen LogP contribution in [-0.4, -0.2) is 124 Å². The average molecular weight is 1040 g/mol. The lowest BCUT2D eigenvalue weighted by Gasteiger charge is -2.18. The zero-order chi connectivity index (χ0) is 50.0. The second-order valence-electron chi connectivity index (χ2n) is 15.8. The Morgan fingerprint density at radius 1 is 0.667 bits per heavy atom. The molecule has 8 heterocycles. The van der Waals surface area contributed by atoms with E-state index in [0.29, 0.717) is 82.3 Å². The van der Waals surface area contributed by atoms with Crippen LogP contribution in [0.1, 0.15) is 33.7 Å². The molecule has 0 radical (unpaired) electrons. The molecule has 0 aliphatic carbocycles. The molecule has 2 saturated heterocycles. The minimum absolute atomic E-state index is 0. The van der Waals surface area contributed by atoms with Gasteiger partial charge in [0.15, 0.2) is 44.3 Å². The van der Waals surface area contributed by atoms with Gasteiger partial charge in [-0.2, -0.15) is 19.9 Å². The van der Waals surface area contributed by atoms with Crippen molar-refractivity contribution in [1.29, 1.82) is 0 Å². The van der Waals surface area contributed by atoms with E-state index in [4.69, 9.17) is 56.2 Å². The van der Waals surface area contributed by atoms with Crippen LogP contribution in [-0.2, 0) is 0 Å². The number of hydrogen-bond donors (Lipinski definition) is 7. The smallest absolute Gasteiger partial charge is 0.337 e. The summed E-state index contributed by atoms with van der Waals surface area (Å²) in [6.45, 7) is 2.92. The van der Waals surface area contributed by atoms with Gasteiger partial charge in [0.05, 0.1) is 56.9 Å². The Labute approximate surface area is 426 Å². The minimum Gasteiger partial charge on any atom is -0.493 e. The second-order valence-corrected chi connectivity index (χ2v) is 17.5. The van der Waals surface area contributed by atoms with Crippen molar-refractivity contribution >= 4 is 114 Å². The summed E-state index contributed by atoms with van der Waals surface area (Å²) in [5.74, 6) is 4.18. The number of carbonyl (C=O) groups excluding carboxylic acids is 1. The molecule has 2 aliphatic heterocycles. The number of hydrogen-bond acceptors (Lipinski definition) is 23. The molecule has 23 nitrogen and oxygen atoms in total. The summed E-state index contributed by atoms with van der Waals surface area (Å²) in [5.41, 5.74) is 24.5. The highest BCUT2D eigenvalue weighted by atomic mass is 35.5. The highest BCUT2D eigenvalue weighted by molar-refractivity contribution is 7.16. The zero-order valence-electron chi connectivity index (χ0n) is 39.3. The van der Waals surface area contributed by atoms with Crippen molar-refractivity contribution in [2.75, 3.05) is 86.5 Å². The third kappa shape index (κ3) is 12.4. The van der Waals surface area contributed by atoms with E-state index in [1.165, 1.54) is 47.2 Å². The van der Waals surface area contributed by atoms with Gasteiger partial charge in [-0.05, 0) is 61.4 Å². The molecule has 0 bridgehead atoms. The van der Waals surface area contributed by atoms with Crippen molar-refractivity contribution in [3.8, 4) is 23.0 Å². The molecule has 10 rings (SSSR count). The van der Waals surface area contributed by atoms with E-state index in [1.807, 2.05) is 36.4 Å².